The number of Topliss-reactive ketones (excluding diaryl/α,β-unsaturated/α-hetero) is 1. The highest BCUT2D eigenvalue weighted by molar-refractivity contribution is 7.92. The van der Waals surface area contributed by atoms with Crippen molar-refractivity contribution < 1.29 is 22.7 Å². The van der Waals surface area contributed by atoms with Gasteiger partial charge < -0.3 is 4.74 Å². The van der Waals surface area contributed by atoms with Gasteiger partial charge in [0.05, 0.1) is 12.2 Å². The van der Waals surface area contributed by atoms with E-state index in [0.717, 1.165) is 11.8 Å². The third kappa shape index (κ3) is 5.92. The standard InChI is InChI=1S/C20H23NO5S/c1-4-18(15-8-6-5-7-9-15)20(23)26-14(2)19(22)16-10-12-17(13-11-16)21-27(3,24)25/h5-14,18,21H,4H2,1-3H3/t14-,18-/m1/s1. The minimum Gasteiger partial charge on any atom is -0.454 e. The summed E-state index contributed by atoms with van der Waals surface area (Å²) in [6.45, 7) is 3.42. The molecule has 0 saturated heterocycles. The summed E-state index contributed by atoms with van der Waals surface area (Å²) in [6, 6.07) is 15.3. The predicted octanol–water partition coefficient (Wildman–Crippen LogP) is 3.37. The fraction of sp³-hybridized carbons (Fsp3) is 0.300. The molecule has 0 fully saturated rings. The fourth-order valence-corrected chi connectivity index (χ4v) is 3.25. The van der Waals surface area contributed by atoms with Crippen molar-refractivity contribution >= 4 is 27.5 Å². The van der Waals surface area contributed by atoms with Gasteiger partial charge in [0, 0.05) is 11.3 Å². The van der Waals surface area contributed by atoms with Crippen LogP contribution in [0.2, 0.25) is 0 Å². The molecule has 0 saturated carbocycles. The monoisotopic (exact) mass is 389 g/mol. The highest BCUT2D eigenvalue weighted by Gasteiger charge is 2.25. The summed E-state index contributed by atoms with van der Waals surface area (Å²) in [5, 5.41) is 0. The number of anilines is 1. The zero-order chi connectivity index (χ0) is 20.0. The normalized spacial score (nSPS) is 13.4. The van der Waals surface area contributed by atoms with E-state index in [1.165, 1.54) is 31.2 Å². The van der Waals surface area contributed by atoms with E-state index >= 15 is 0 Å². The Morgan fingerprint density at radius 1 is 1.04 bits per heavy atom. The van der Waals surface area contributed by atoms with Crippen molar-refractivity contribution in [2.45, 2.75) is 32.3 Å². The van der Waals surface area contributed by atoms with Gasteiger partial charge >= 0.3 is 5.97 Å². The topological polar surface area (TPSA) is 89.5 Å². The molecule has 144 valence electrons. The van der Waals surface area contributed by atoms with Gasteiger partial charge in [-0.2, -0.15) is 0 Å². The first-order valence-corrected chi connectivity index (χ1v) is 10.5. The van der Waals surface area contributed by atoms with Crippen LogP contribution in [0.15, 0.2) is 54.6 Å². The minimum absolute atomic E-state index is 0.335. The van der Waals surface area contributed by atoms with Crippen molar-refractivity contribution in [3.05, 3.63) is 65.7 Å². The molecule has 0 aliphatic heterocycles. The molecule has 0 amide bonds. The molecule has 2 rings (SSSR count). The number of ether oxygens (including phenoxy) is 1. The summed E-state index contributed by atoms with van der Waals surface area (Å²) in [7, 11) is -3.39. The average Bonchev–Trinajstić information content (AvgIpc) is 2.62. The van der Waals surface area contributed by atoms with E-state index in [1.54, 1.807) is 0 Å². The summed E-state index contributed by atoms with van der Waals surface area (Å²) >= 11 is 0. The lowest BCUT2D eigenvalue weighted by Crippen LogP contribution is -2.27. The van der Waals surface area contributed by atoms with Crippen LogP contribution in [0.3, 0.4) is 0 Å². The fourth-order valence-electron chi connectivity index (χ4n) is 2.69. The first kappa shape index (κ1) is 20.6. The molecule has 0 aromatic heterocycles. The predicted molar refractivity (Wildman–Crippen MR) is 104 cm³/mol. The zero-order valence-electron chi connectivity index (χ0n) is 15.5. The van der Waals surface area contributed by atoms with Gasteiger partial charge in [-0.15, -0.1) is 0 Å². The van der Waals surface area contributed by atoms with Crippen molar-refractivity contribution in [1.82, 2.24) is 0 Å². The molecule has 0 heterocycles. The van der Waals surface area contributed by atoms with Crippen LogP contribution in [0, 0.1) is 0 Å². The van der Waals surface area contributed by atoms with Crippen LogP contribution < -0.4 is 4.72 Å². The summed E-state index contributed by atoms with van der Waals surface area (Å²) in [6.07, 6.45) is 0.670. The van der Waals surface area contributed by atoms with Crippen molar-refractivity contribution in [3.8, 4) is 0 Å². The third-order valence-corrected chi connectivity index (χ3v) is 4.64. The van der Waals surface area contributed by atoms with Crippen molar-refractivity contribution in [2.75, 3.05) is 11.0 Å². The molecule has 2 atom stereocenters. The molecule has 27 heavy (non-hydrogen) atoms. The van der Waals surface area contributed by atoms with Gasteiger partial charge in [-0.3, -0.25) is 14.3 Å². The van der Waals surface area contributed by atoms with Crippen LogP contribution in [0.5, 0.6) is 0 Å². The average molecular weight is 389 g/mol. The largest absolute Gasteiger partial charge is 0.454 e. The number of rotatable bonds is 8. The zero-order valence-corrected chi connectivity index (χ0v) is 16.3. The van der Waals surface area contributed by atoms with Gasteiger partial charge in [-0.1, -0.05) is 37.3 Å². The number of benzene rings is 2. The summed E-state index contributed by atoms with van der Waals surface area (Å²) < 4.78 is 30.2. The molecule has 0 radical (unpaired) electrons. The lowest BCUT2D eigenvalue weighted by atomic mass is 9.96. The highest BCUT2D eigenvalue weighted by atomic mass is 32.2. The van der Waals surface area contributed by atoms with Crippen molar-refractivity contribution in [1.29, 1.82) is 0 Å². The van der Waals surface area contributed by atoms with E-state index in [1.807, 2.05) is 37.3 Å². The molecule has 1 N–H and O–H groups in total. The Morgan fingerprint density at radius 3 is 2.15 bits per heavy atom. The number of nitrogens with one attached hydrogen (secondary N) is 1. The Labute approximate surface area is 159 Å². The first-order chi connectivity index (χ1) is 12.7. The molecular weight excluding hydrogens is 366 g/mol. The molecule has 0 aliphatic carbocycles. The van der Waals surface area contributed by atoms with Crippen LogP contribution in [-0.2, 0) is 19.6 Å². The molecule has 0 spiro atoms. The van der Waals surface area contributed by atoms with Crippen LogP contribution >= 0.6 is 0 Å². The Hall–Kier alpha value is -2.67. The summed E-state index contributed by atoms with van der Waals surface area (Å²) in [5.41, 5.74) is 1.54. The smallest absolute Gasteiger partial charge is 0.314 e. The second kappa shape index (κ2) is 8.81. The maximum atomic E-state index is 12.5. The lowest BCUT2D eigenvalue weighted by molar-refractivity contribution is -0.148. The number of carbonyl (C=O) groups excluding carboxylic acids is 2. The molecule has 2 aromatic carbocycles. The van der Waals surface area contributed by atoms with Gasteiger partial charge in [0.2, 0.25) is 15.8 Å². The van der Waals surface area contributed by atoms with Gasteiger partial charge in [0.1, 0.15) is 0 Å². The maximum absolute atomic E-state index is 12.5. The minimum atomic E-state index is -3.39. The summed E-state index contributed by atoms with van der Waals surface area (Å²) in [5.74, 6) is -1.22. The highest BCUT2D eigenvalue weighted by Crippen LogP contribution is 2.22. The quantitative estimate of drug-likeness (QED) is 0.552. The van der Waals surface area contributed by atoms with E-state index in [2.05, 4.69) is 4.72 Å². The molecule has 0 aliphatic rings. The molecule has 2 aromatic rings. The molecule has 0 bridgehead atoms. The Kier molecular flexibility index (Phi) is 6.74. The number of hydrogen-bond acceptors (Lipinski definition) is 5. The van der Waals surface area contributed by atoms with Gasteiger partial charge in [-0.25, -0.2) is 8.42 Å². The number of hydrogen-bond donors (Lipinski definition) is 1. The second-order valence-electron chi connectivity index (χ2n) is 6.27. The van der Waals surface area contributed by atoms with E-state index in [-0.39, 0.29) is 5.78 Å². The van der Waals surface area contributed by atoms with Crippen LogP contribution in [0.25, 0.3) is 0 Å². The van der Waals surface area contributed by atoms with E-state index < -0.39 is 28.0 Å². The third-order valence-electron chi connectivity index (χ3n) is 4.03. The van der Waals surface area contributed by atoms with E-state index in [4.69, 9.17) is 4.74 Å². The number of carbonyl (C=O) groups is 2. The Balaban J connectivity index is 2.05. The Bertz CT molecular complexity index is 892. The van der Waals surface area contributed by atoms with Crippen LogP contribution in [-0.4, -0.2) is 32.5 Å². The molecule has 6 nitrogen and oxygen atoms in total. The van der Waals surface area contributed by atoms with Crippen molar-refractivity contribution in [2.24, 2.45) is 0 Å². The van der Waals surface area contributed by atoms with E-state index in [9.17, 15) is 18.0 Å². The molecule has 0 unspecified atom stereocenters. The van der Waals surface area contributed by atoms with Gasteiger partial charge in [0.25, 0.3) is 0 Å². The molecular formula is C20H23NO5S. The van der Waals surface area contributed by atoms with Crippen LogP contribution in [0.4, 0.5) is 5.69 Å². The van der Waals surface area contributed by atoms with Crippen molar-refractivity contribution in [3.63, 3.8) is 0 Å². The number of sulfonamides is 1. The van der Waals surface area contributed by atoms with Gasteiger partial charge in [-0.05, 0) is 43.2 Å². The van der Waals surface area contributed by atoms with Crippen LogP contribution in [0.1, 0.15) is 42.1 Å². The first-order valence-electron chi connectivity index (χ1n) is 8.58. The number of esters is 1. The maximum Gasteiger partial charge on any atom is 0.314 e. The van der Waals surface area contributed by atoms with Gasteiger partial charge in [0.15, 0.2) is 6.10 Å². The molecule has 7 heteroatoms. The SMILES string of the molecule is CC[C@@H](C(=O)O[C@H](C)C(=O)c1ccc(NS(C)(=O)=O)cc1)c1ccccc1. The lowest BCUT2D eigenvalue weighted by Gasteiger charge is -2.18. The summed E-state index contributed by atoms with van der Waals surface area (Å²) in [4.78, 5) is 25.0. The number of ketones is 1. The van der Waals surface area contributed by atoms with E-state index in [0.29, 0.717) is 17.7 Å². The second-order valence-corrected chi connectivity index (χ2v) is 8.01. The Morgan fingerprint density at radius 2 is 1.63 bits per heavy atom.